The van der Waals surface area contributed by atoms with E-state index in [0.29, 0.717) is 0 Å². The third kappa shape index (κ3) is 6.90. The molecule has 0 unspecified atom stereocenters. The van der Waals surface area contributed by atoms with Crippen LogP contribution in [0.15, 0.2) is 23.2 Å². The van der Waals surface area contributed by atoms with E-state index in [0.717, 1.165) is 51.4 Å². The maximum absolute atomic E-state index is 13.0. The second kappa shape index (κ2) is 10.2. The highest BCUT2D eigenvalue weighted by atomic mass is 32.2. The Bertz CT molecular complexity index is 901. The summed E-state index contributed by atoms with van der Waals surface area (Å²) in [7, 11) is -3.63. The minimum Gasteiger partial charge on any atom is -0.444 e. The Labute approximate surface area is 190 Å². The number of carbonyl (C=O) groups excluding carboxylic acids is 2. The molecule has 3 rings (SSSR count). The monoisotopic (exact) mass is 466 g/mol. The lowest BCUT2D eigenvalue weighted by molar-refractivity contribution is -0.119. The number of aromatic nitrogens is 1. The van der Waals surface area contributed by atoms with E-state index in [2.05, 4.69) is 20.3 Å². The maximum atomic E-state index is 13.0. The molecule has 2 fully saturated rings. The average molecular weight is 467 g/mol. The molecule has 1 atom stereocenters. The van der Waals surface area contributed by atoms with Crippen molar-refractivity contribution in [3.8, 4) is 0 Å². The number of anilines is 1. The van der Waals surface area contributed by atoms with Gasteiger partial charge in [-0.1, -0.05) is 25.7 Å². The molecule has 2 aliphatic carbocycles. The van der Waals surface area contributed by atoms with E-state index in [1.807, 2.05) is 0 Å². The van der Waals surface area contributed by atoms with E-state index < -0.39 is 33.7 Å². The van der Waals surface area contributed by atoms with Crippen LogP contribution in [-0.2, 0) is 19.6 Å². The van der Waals surface area contributed by atoms with Crippen molar-refractivity contribution in [1.29, 1.82) is 0 Å². The number of pyridine rings is 1. The first kappa shape index (κ1) is 24.4. The maximum Gasteiger partial charge on any atom is 0.408 e. The van der Waals surface area contributed by atoms with Gasteiger partial charge in [0.2, 0.25) is 15.9 Å². The summed E-state index contributed by atoms with van der Waals surface area (Å²) >= 11 is 0. The second-order valence-corrected chi connectivity index (χ2v) is 11.4. The molecule has 0 radical (unpaired) electrons. The molecule has 178 valence electrons. The zero-order valence-electron chi connectivity index (χ0n) is 19.0. The summed E-state index contributed by atoms with van der Waals surface area (Å²) in [6.07, 6.45) is 8.10. The van der Waals surface area contributed by atoms with E-state index in [1.54, 1.807) is 20.8 Å². The molecule has 10 heteroatoms. The number of carbonyl (C=O) groups is 2. The number of rotatable bonds is 7. The Balaban J connectivity index is 1.67. The van der Waals surface area contributed by atoms with Crippen molar-refractivity contribution < 1.29 is 22.7 Å². The van der Waals surface area contributed by atoms with E-state index in [4.69, 9.17) is 4.74 Å². The van der Waals surface area contributed by atoms with Gasteiger partial charge >= 0.3 is 6.09 Å². The molecule has 2 aliphatic rings. The lowest BCUT2D eigenvalue weighted by Gasteiger charge is -2.30. The first-order chi connectivity index (χ1) is 15.0. The van der Waals surface area contributed by atoms with Crippen molar-refractivity contribution in [2.75, 3.05) is 5.32 Å². The van der Waals surface area contributed by atoms with E-state index in [-0.39, 0.29) is 22.7 Å². The van der Waals surface area contributed by atoms with Gasteiger partial charge in [0.25, 0.3) is 0 Å². The van der Waals surface area contributed by atoms with Crippen LogP contribution in [0.2, 0.25) is 0 Å². The second-order valence-electron chi connectivity index (χ2n) is 9.64. The fraction of sp³-hybridized carbons (Fsp3) is 0.682. The first-order valence-corrected chi connectivity index (χ1v) is 12.8. The number of hydrogen-bond donors (Lipinski definition) is 3. The molecule has 0 aromatic carbocycles. The topological polar surface area (TPSA) is 126 Å². The van der Waals surface area contributed by atoms with E-state index in [9.17, 15) is 18.0 Å². The molecule has 0 bridgehead atoms. The standard InChI is InChI=1S/C22H34N4O5S/c1-22(2,3)31-21(28)25-19(15-8-5-4-6-9-15)20(27)24-18-13-12-17(14-23-18)32(29,30)26-16-10-7-11-16/h12-16,19,26H,4-11H2,1-3H3,(H,25,28)(H,23,24,27)/t19-/m0/s1. The molecule has 2 saturated carbocycles. The van der Waals surface area contributed by atoms with Crippen LogP contribution in [0.4, 0.5) is 10.6 Å². The third-order valence-corrected chi connectivity index (χ3v) is 7.31. The number of amides is 2. The summed E-state index contributed by atoms with van der Waals surface area (Å²) in [4.78, 5) is 29.5. The van der Waals surface area contributed by atoms with Crippen LogP contribution >= 0.6 is 0 Å². The average Bonchev–Trinajstić information content (AvgIpc) is 2.69. The summed E-state index contributed by atoms with van der Waals surface area (Å²) in [5, 5.41) is 5.44. The largest absolute Gasteiger partial charge is 0.444 e. The minimum atomic E-state index is -3.63. The van der Waals surface area contributed by atoms with Gasteiger partial charge in [-0.05, 0) is 64.5 Å². The molecule has 1 aromatic rings. The minimum absolute atomic E-state index is 0.00240. The van der Waals surface area contributed by atoms with Gasteiger partial charge in [0.15, 0.2) is 0 Å². The Hall–Kier alpha value is -2.20. The van der Waals surface area contributed by atoms with Crippen LogP contribution in [0.1, 0.15) is 72.1 Å². The van der Waals surface area contributed by atoms with Crippen LogP contribution in [0, 0.1) is 5.92 Å². The van der Waals surface area contributed by atoms with Gasteiger partial charge in [0, 0.05) is 12.2 Å². The summed E-state index contributed by atoms with van der Waals surface area (Å²) in [5.41, 5.74) is -0.673. The molecular formula is C22H34N4O5S. The van der Waals surface area contributed by atoms with Crippen molar-refractivity contribution in [2.45, 2.75) is 94.7 Å². The van der Waals surface area contributed by atoms with Crippen LogP contribution in [0.3, 0.4) is 0 Å². The van der Waals surface area contributed by atoms with Crippen molar-refractivity contribution in [2.24, 2.45) is 5.92 Å². The SMILES string of the molecule is CC(C)(C)OC(=O)N[C@H](C(=O)Nc1ccc(S(=O)(=O)NC2CCC2)cn1)C1CCCCC1. The van der Waals surface area contributed by atoms with Gasteiger partial charge in [-0.25, -0.2) is 22.9 Å². The molecule has 3 N–H and O–H groups in total. The molecule has 32 heavy (non-hydrogen) atoms. The number of nitrogens with zero attached hydrogens (tertiary/aromatic N) is 1. The number of sulfonamides is 1. The van der Waals surface area contributed by atoms with Gasteiger partial charge in [0.1, 0.15) is 22.4 Å². The highest BCUT2D eigenvalue weighted by molar-refractivity contribution is 7.89. The molecule has 0 spiro atoms. The third-order valence-electron chi connectivity index (χ3n) is 5.80. The number of hydrogen-bond acceptors (Lipinski definition) is 6. The fourth-order valence-electron chi connectivity index (χ4n) is 3.93. The Morgan fingerprint density at radius 2 is 1.75 bits per heavy atom. The lowest BCUT2D eigenvalue weighted by atomic mass is 9.83. The first-order valence-electron chi connectivity index (χ1n) is 11.3. The van der Waals surface area contributed by atoms with Gasteiger partial charge in [-0.3, -0.25) is 4.79 Å². The highest BCUT2D eigenvalue weighted by Crippen LogP contribution is 2.27. The molecular weight excluding hydrogens is 432 g/mol. The summed E-state index contributed by atoms with van der Waals surface area (Å²) in [6.45, 7) is 5.30. The fourth-order valence-corrected chi connectivity index (χ4v) is 5.18. The van der Waals surface area contributed by atoms with Crippen LogP contribution in [-0.4, -0.2) is 43.1 Å². The van der Waals surface area contributed by atoms with Crippen LogP contribution < -0.4 is 15.4 Å². The van der Waals surface area contributed by atoms with Gasteiger partial charge in [-0.2, -0.15) is 0 Å². The quantitative estimate of drug-likeness (QED) is 0.566. The molecule has 2 amide bonds. The summed E-state index contributed by atoms with van der Waals surface area (Å²) < 4.78 is 32.8. The number of nitrogens with one attached hydrogen (secondary N) is 3. The van der Waals surface area contributed by atoms with Gasteiger partial charge in [0.05, 0.1) is 0 Å². The van der Waals surface area contributed by atoms with E-state index in [1.165, 1.54) is 18.3 Å². The van der Waals surface area contributed by atoms with Crippen molar-refractivity contribution >= 4 is 27.8 Å². The zero-order valence-corrected chi connectivity index (χ0v) is 19.8. The van der Waals surface area contributed by atoms with Crippen LogP contribution in [0.25, 0.3) is 0 Å². The molecule has 1 aromatic heterocycles. The smallest absolute Gasteiger partial charge is 0.408 e. The van der Waals surface area contributed by atoms with Gasteiger partial charge < -0.3 is 15.4 Å². The normalized spacial score (nSPS) is 19.0. The number of ether oxygens (including phenoxy) is 1. The lowest BCUT2D eigenvalue weighted by Crippen LogP contribution is -2.50. The van der Waals surface area contributed by atoms with Crippen LogP contribution in [0.5, 0.6) is 0 Å². The number of alkyl carbamates (subject to hydrolysis) is 1. The summed E-state index contributed by atoms with van der Waals surface area (Å²) in [5.74, 6) is -0.162. The molecule has 9 nitrogen and oxygen atoms in total. The van der Waals surface area contributed by atoms with Gasteiger partial charge in [-0.15, -0.1) is 0 Å². The predicted molar refractivity (Wildman–Crippen MR) is 121 cm³/mol. The van der Waals surface area contributed by atoms with Crippen molar-refractivity contribution in [3.05, 3.63) is 18.3 Å². The van der Waals surface area contributed by atoms with Crippen molar-refractivity contribution in [3.63, 3.8) is 0 Å². The Morgan fingerprint density at radius 1 is 1.06 bits per heavy atom. The molecule has 0 saturated heterocycles. The van der Waals surface area contributed by atoms with E-state index >= 15 is 0 Å². The Kier molecular flexibility index (Phi) is 7.76. The molecule has 0 aliphatic heterocycles. The van der Waals surface area contributed by atoms with Crippen molar-refractivity contribution in [1.82, 2.24) is 15.0 Å². The Morgan fingerprint density at radius 3 is 2.28 bits per heavy atom. The highest BCUT2D eigenvalue weighted by Gasteiger charge is 2.33. The summed E-state index contributed by atoms with van der Waals surface area (Å²) in [6, 6.07) is 2.10. The predicted octanol–water partition coefficient (Wildman–Crippen LogP) is 3.32. The zero-order chi connectivity index (χ0) is 23.4. The molecule has 1 heterocycles.